The Morgan fingerprint density at radius 3 is 2.63 bits per heavy atom. The van der Waals surface area contributed by atoms with Crippen molar-refractivity contribution in [1.29, 1.82) is 0 Å². The molecule has 2 aliphatic rings. The highest BCUT2D eigenvalue weighted by atomic mass is 16.6. The predicted molar refractivity (Wildman–Crippen MR) is 103 cm³/mol. The van der Waals surface area contributed by atoms with Crippen LogP contribution in [-0.2, 0) is 9.53 Å². The van der Waals surface area contributed by atoms with Gasteiger partial charge in [-0.25, -0.2) is 4.79 Å². The van der Waals surface area contributed by atoms with E-state index in [-0.39, 0.29) is 12.0 Å². The molecular formula is C21H30N2O4. The van der Waals surface area contributed by atoms with Crippen LogP contribution in [0.25, 0.3) is 0 Å². The summed E-state index contributed by atoms with van der Waals surface area (Å²) >= 11 is 0. The normalized spacial score (nSPS) is 19.9. The minimum atomic E-state index is -0.447. The molecule has 0 aromatic heterocycles. The van der Waals surface area contributed by atoms with Crippen molar-refractivity contribution in [2.24, 2.45) is 5.92 Å². The van der Waals surface area contributed by atoms with Gasteiger partial charge in [0.15, 0.2) is 0 Å². The van der Waals surface area contributed by atoms with Gasteiger partial charge in [0, 0.05) is 32.4 Å². The summed E-state index contributed by atoms with van der Waals surface area (Å²) in [5, 5.41) is 0. The molecule has 2 saturated heterocycles. The van der Waals surface area contributed by atoms with Crippen LogP contribution in [0.15, 0.2) is 30.3 Å². The fraction of sp³-hybridized carbons (Fsp3) is 0.619. The zero-order valence-electron chi connectivity index (χ0n) is 16.4. The summed E-state index contributed by atoms with van der Waals surface area (Å²) in [6.07, 6.45) is 2.76. The molecule has 0 aliphatic carbocycles. The number of rotatable bonds is 7. The van der Waals surface area contributed by atoms with Gasteiger partial charge in [-0.3, -0.25) is 4.79 Å². The topological polar surface area (TPSA) is 59.1 Å². The van der Waals surface area contributed by atoms with Gasteiger partial charge in [-0.05, 0) is 18.1 Å². The standard InChI is InChI=1S/C21H30N2O4/c1-3-17(2)15-19(24)22-11-9-21(10-12-22)16-23(20(25)27-21)13-14-26-18-7-5-4-6-8-18/h4-8,17H,3,9-16H2,1-2H3/t17-/m1/s1. The molecule has 3 rings (SSSR count). The van der Waals surface area contributed by atoms with Gasteiger partial charge in [0.1, 0.15) is 18.0 Å². The Labute approximate surface area is 161 Å². The first-order chi connectivity index (χ1) is 13.0. The van der Waals surface area contributed by atoms with Gasteiger partial charge >= 0.3 is 6.09 Å². The molecule has 6 nitrogen and oxygen atoms in total. The van der Waals surface area contributed by atoms with Gasteiger partial charge < -0.3 is 19.3 Å². The zero-order chi connectivity index (χ0) is 19.3. The number of para-hydroxylation sites is 1. The lowest BCUT2D eigenvalue weighted by Gasteiger charge is -2.37. The summed E-state index contributed by atoms with van der Waals surface area (Å²) in [7, 11) is 0. The first-order valence-electron chi connectivity index (χ1n) is 9.95. The summed E-state index contributed by atoms with van der Waals surface area (Å²) in [6.45, 7) is 7.07. The number of carbonyl (C=O) groups is 2. The largest absolute Gasteiger partial charge is 0.492 e. The van der Waals surface area contributed by atoms with E-state index in [1.165, 1.54) is 0 Å². The molecule has 1 aromatic carbocycles. The van der Waals surface area contributed by atoms with Crippen LogP contribution in [0.4, 0.5) is 4.79 Å². The van der Waals surface area contributed by atoms with E-state index >= 15 is 0 Å². The Bertz CT molecular complexity index is 641. The van der Waals surface area contributed by atoms with Crippen LogP contribution in [-0.4, -0.2) is 60.2 Å². The van der Waals surface area contributed by atoms with Gasteiger partial charge in [-0.15, -0.1) is 0 Å². The van der Waals surface area contributed by atoms with Crippen molar-refractivity contribution in [2.75, 3.05) is 32.8 Å². The molecule has 2 amide bonds. The number of likely N-dealkylation sites (tertiary alicyclic amines) is 1. The molecule has 2 heterocycles. The van der Waals surface area contributed by atoms with Crippen molar-refractivity contribution >= 4 is 12.0 Å². The quantitative estimate of drug-likeness (QED) is 0.735. The van der Waals surface area contributed by atoms with E-state index in [4.69, 9.17) is 9.47 Å². The van der Waals surface area contributed by atoms with E-state index in [9.17, 15) is 9.59 Å². The van der Waals surface area contributed by atoms with E-state index in [1.807, 2.05) is 35.2 Å². The molecule has 1 spiro atoms. The third kappa shape index (κ3) is 4.93. The highest BCUT2D eigenvalue weighted by molar-refractivity contribution is 5.76. The molecular weight excluding hydrogens is 344 g/mol. The van der Waals surface area contributed by atoms with Crippen molar-refractivity contribution in [2.45, 2.75) is 45.1 Å². The fourth-order valence-corrected chi connectivity index (χ4v) is 3.65. The van der Waals surface area contributed by atoms with Crippen molar-refractivity contribution in [3.63, 3.8) is 0 Å². The number of benzene rings is 1. The first-order valence-corrected chi connectivity index (χ1v) is 9.95. The van der Waals surface area contributed by atoms with Crippen LogP contribution >= 0.6 is 0 Å². The number of ether oxygens (including phenoxy) is 2. The van der Waals surface area contributed by atoms with Crippen LogP contribution in [0, 0.1) is 5.92 Å². The highest BCUT2D eigenvalue weighted by Crippen LogP contribution is 2.33. The molecule has 0 bridgehead atoms. The highest BCUT2D eigenvalue weighted by Gasteiger charge is 2.47. The predicted octanol–water partition coefficient (Wildman–Crippen LogP) is 3.32. The molecule has 6 heteroatoms. The van der Waals surface area contributed by atoms with Gasteiger partial charge in [0.25, 0.3) is 0 Å². The molecule has 2 fully saturated rings. The van der Waals surface area contributed by atoms with E-state index < -0.39 is 5.60 Å². The second kappa shape index (κ2) is 8.63. The summed E-state index contributed by atoms with van der Waals surface area (Å²) in [4.78, 5) is 28.3. The van der Waals surface area contributed by atoms with E-state index in [1.54, 1.807) is 4.90 Å². The minimum absolute atomic E-state index is 0.219. The summed E-state index contributed by atoms with van der Waals surface area (Å²) in [6, 6.07) is 9.58. The smallest absolute Gasteiger partial charge is 0.410 e. The number of nitrogens with zero attached hydrogens (tertiary/aromatic N) is 2. The second-order valence-electron chi connectivity index (χ2n) is 7.73. The molecule has 0 N–H and O–H groups in total. The lowest BCUT2D eigenvalue weighted by Crippen LogP contribution is -2.49. The number of amides is 2. The molecule has 1 atom stereocenters. The lowest BCUT2D eigenvalue weighted by molar-refractivity contribution is -0.135. The zero-order valence-corrected chi connectivity index (χ0v) is 16.4. The van der Waals surface area contributed by atoms with Crippen molar-refractivity contribution in [1.82, 2.24) is 9.80 Å². The SMILES string of the molecule is CC[C@@H](C)CC(=O)N1CCC2(CC1)CN(CCOc1ccccc1)C(=O)O2. The molecule has 0 radical (unpaired) electrons. The number of carbonyl (C=O) groups excluding carboxylic acids is 2. The van der Waals surface area contributed by atoms with Crippen molar-refractivity contribution in [3.05, 3.63) is 30.3 Å². The van der Waals surface area contributed by atoms with E-state index in [2.05, 4.69) is 13.8 Å². The molecule has 2 aliphatic heterocycles. The average Bonchev–Trinajstić information content (AvgIpc) is 2.98. The summed E-state index contributed by atoms with van der Waals surface area (Å²) in [5.74, 6) is 1.43. The van der Waals surface area contributed by atoms with E-state index in [0.29, 0.717) is 58.0 Å². The van der Waals surface area contributed by atoms with E-state index in [0.717, 1.165) is 12.2 Å². The third-order valence-corrected chi connectivity index (χ3v) is 5.66. The van der Waals surface area contributed by atoms with Crippen molar-refractivity contribution < 1.29 is 19.1 Å². The molecule has 0 unspecified atom stereocenters. The van der Waals surface area contributed by atoms with Gasteiger partial charge in [0.05, 0.1) is 13.1 Å². The number of hydrogen-bond acceptors (Lipinski definition) is 4. The second-order valence-corrected chi connectivity index (χ2v) is 7.73. The van der Waals surface area contributed by atoms with Gasteiger partial charge in [0.2, 0.25) is 5.91 Å². The Kier molecular flexibility index (Phi) is 6.24. The van der Waals surface area contributed by atoms with Crippen LogP contribution in [0.5, 0.6) is 5.75 Å². The monoisotopic (exact) mass is 374 g/mol. The lowest BCUT2D eigenvalue weighted by atomic mass is 9.90. The van der Waals surface area contributed by atoms with Crippen molar-refractivity contribution in [3.8, 4) is 5.75 Å². The Morgan fingerprint density at radius 2 is 1.96 bits per heavy atom. The Hall–Kier alpha value is -2.24. The summed E-state index contributed by atoms with van der Waals surface area (Å²) < 4.78 is 11.4. The number of hydrogen-bond donors (Lipinski definition) is 0. The van der Waals surface area contributed by atoms with Crippen LogP contribution in [0.2, 0.25) is 0 Å². The molecule has 148 valence electrons. The third-order valence-electron chi connectivity index (χ3n) is 5.66. The molecule has 1 aromatic rings. The Morgan fingerprint density at radius 1 is 1.26 bits per heavy atom. The van der Waals surface area contributed by atoms with Gasteiger partial charge in [-0.1, -0.05) is 38.5 Å². The summed E-state index contributed by atoms with van der Waals surface area (Å²) in [5.41, 5.74) is -0.447. The maximum atomic E-state index is 12.4. The number of piperidine rings is 1. The minimum Gasteiger partial charge on any atom is -0.492 e. The maximum Gasteiger partial charge on any atom is 0.410 e. The average molecular weight is 374 g/mol. The fourth-order valence-electron chi connectivity index (χ4n) is 3.65. The Balaban J connectivity index is 1.45. The van der Waals surface area contributed by atoms with Gasteiger partial charge in [-0.2, -0.15) is 0 Å². The maximum absolute atomic E-state index is 12.4. The molecule has 0 saturated carbocycles. The first kappa shape index (κ1) is 19.5. The van der Waals surface area contributed by atoms with Crippen LogP contribution in [0.3, 0.4) is 0 Å². The van der Waals surface area contributed by atoms with Crippen LogP contribution in [0.1, 0.15) is 39.5 Å². The molecule has 27 heavy (non-hydrogen) atoms. The van der Waals surface area contributed by atoms with Crippen LogP contribution < -0.4 is 4.74 Å².